The Morgan fingerprint density at radius 2 is 1.81 bits per heavy atom. The standard InChI is InChI=1S/C14H19NO/c16-14-12-7-3-2-6-11(12)10-13(14)15-8-4-1-5-9-15/h2-3,6-7,13-14,16H,1,4-5,8-10H2/t13-,14+/m1/s1. The van der Waals surface area contributed by atoms with Crippen LogP contribution in [0, 0.1) is 0 Å². The van der Waals surface area contributed by atoms with Gasteiger partial charge in [0.1, 0.15) is 0 Å². The van der Waals surface area contributed by atoms with Crippen molar-refractivity contribution >= 4 is 0 Å². The summed E-state index contributed by atoms with van der Waals surface area (Å²) >= 11 is 0. The van der Waals surface area contributed by atoms with Gasteiger partial charge >= 0.3 is 0 Å². The Labute approximate surface area is 96.9 Å². The summed E-state index contributed by atoms with van der Waals surface area (Å²) < 4.78 is 0. The molecule has 1 saturated heterocycles. The Hall–Kier alpha value is -0.860. The van der Waals surface area contributed by atoms with Gasteiger partial charge in [-0.25, -0.2) is 0 Å². The molecule has 0 unspecified atom stereocenters. The molecule has 1 aromatic rings. The second kappa shape index (κ2) is 4.19. The lowest BCUT2D eigenvalue weighted by Crippen LogP contribution is -2.41. The van der Waals surface area contributed by atoms with Gasteiger partial charge in [0.25, 0.3) is 0 Å². The summed E-state index contributed by atoms with van der Waals surface area (Å²) in [6.45, 7) is 2.32. The normalized spacial score (nSPS) is 30.3. The van der Waals surface area contributed by atoms with Gasteiger partial charge in [0.15, 0.2) is 0 Å². The molecule has 0 amide bonds. The van der Waals surface area contributed by atoms with Gasteiger partial charge in [0.2, 0.25) is 0 Å². The van der Waals surface area contributed by atoms with Crippen molar-refractivity contribution in [2.75, 3.05) is 13.1 Å². The van der Waals surface area contributed by atoms with E-state index < -0.39 is 0 Å². The van der Waals surface area contributed by atoms with Crippen molar-refractivity contribution in [2.24, 2.45) is 0 Å². The van der Waals surface area contributed by atoms with Gasteiger partial charge in [-0.2, -0.15) is 0 Å². The second-order valence-electron chi connectivity index (χ2n) is 5.01. The molecule has 2 atom stereocenters. The minimum absolute atomic E-state index is 0.269. The summed E-state index contributed by atoms with van der Waals surface area (Å²) in [6.07, 6.45) is 4.69. The highest BCUT2D eigenvalue weighted by Gasteiger charge is 2.34. The van der Waals surface area contributed by atoms with Crippen molar-refractivity contribution in [3.05, 3.63) is 35.4 Å². The smallest absolute Gasteiger partial charge is 0.0951 e. The van der Waals surface area contributed by atoms with Crippen molar-refractivity contribution in [2.45, 2.75) is 37.8 Å². The van der Waals surface area contributed by atoms with Gasteiger partial charge in [-0.3, -0.25) is 4.90 Å². The van der Waals surface area contributed by atoms with E-state index in [1.54, 1.807) is 0 Å². The summed E-state index contributed by atoms with van der Waals surface area (Å²) in [6, 6.07) is 8.66. The highest BCUT2D eigenvalue weighted by molar-refractivity contribution is 5.35. The van der Waals surface area contributed by atoms with Crippen LogP contribution in [0.2, 0.25) is 0 Å². The topological polar surface area (TPSA) is 23.5 Å². The van der Waals surface area contributed by atoms with Crippen LogP contribution in [0.25, 0.3) is 0 Å². The molecule has 2 aliphatic rings. The van der Waals surface area contributed by atoms with Crippen LogP contribution < -0.4 is 0 Å². The fourth-order valence-electron chi connectivity index (χ4n) is 3.13. The lowest BCUT2D eigenvalue weighted by molar-refractivity contribution is 0.0494. The molecule has 1 N–H and O–H groups in total. The molecule has 0 bridgehead atoms. The molecule has 16 heavy (non-hydrogen) atoms. The summed E-state index contributed by atoms with van der Waals surface area (Å²) in [4.78, 5) is 2.48. The average Bonchev–Trinajstić information content (AvgIpc) is 2.69. The number of aliphatic hydroxyl groups excluding tert-OH is 1. The summed E-state index contributed by atoms with van der Waals surface area (Å²) in [5.74, 6) is 0. The van der Waals surface area contributed by atoms with Crippen molar-refractivity contribution in [1.29, 1.82) is 0 Å². The predicted octanol–water partition coefficient (Wildman–Crippen LogP) is 2.13. The number of rotatable bonds is 1. The highest BCUT2D eigenvalue weighted by Crippen LogP contribution is 2.35. The predicted molar refractivity (Wildman–Crippen MR) is 64.3 cm³/mol. The fraction of sp³-hybridized carbons (Fsp3) is 0.571. The van der Waals surface area contributed by atoms with E-state index in [0.29, 0.717) is 6.04 Å². The minimum atomic E-state index is -0.269. The number of likely N-dealkylation sites (tertiary alicyclic amines) is 1. The zero-order valence-electron chi connectivity index (χ0n) is 9.60. The van der Waals surface area contributed by atoms with Gasteiger partial charge in [-0.15, -0.1) is 0 Å². The number of hydrogen-bond donors (Lipinski definition) is 1. The number of fused-ring (bicyclic) bond motifs is 1. The molecular formula is C14H19NO. The van der Waals surface area contributed by atoms with Crippen molar-refractivity contribution in [1.82, 2.24) is 4.90 Å². The van der Waals surface area contributed by atoms with Crippen LogP contribution in [0.1, 0.15) is 36.5 Å². The van der Waals surface area contributed by atoms with E-state index >= 15 is 0 Å². The Bertz CT molecular complexity index is 371. The summed E-state index contributed by atoms with van der Waals surface area (Å²) in [7, 11) is 0. The fourth-order valence-corrected chi connectivity index (χ4v) is 3.13. The Kier molecular flexibility index (Phi) is 2.70. The van der Waals surface area contributed by atoms with Gasteiger partial charge < -0.3 is 5.11 Å². The van der Waals surface area contributed by atoms with Crippen LogP contribution in [0.4, 0.5) is 0 Å². The number of hydrogen-bond acceptors (Lipinski definition) is 2. The third kappa shape index (κ3) is 1.66. The van der Waals surface area contributed by atoms with Crippen LogP contribution in [0.5, 0.6) is 0 Å². The monoisotopic (exact) mass is 217 g/mol. The molecule has 1 aromatic carbocycles. The molecule has 2 nitrogen and oxygen atoms in total. The molecule has 0 spiro atoms. The molecule has 0 saturated carbocycles. The molecule has 1 aliphatic heterocycles. The van der Waals surface area contributed by atoms with Gasteiger partial charge in [-0.05, 0) is 43.5 Å². The van der Waals surface area contributed by atoms with E-state index in [1.165, 1.54) is 24.8 Å². The maximum absolute atomic E-state index is 10.4. The van der Waals surface area contributed by atoms with E-state index in [4.69, 9.17) is 0 Å². The van der Waals surface area contributed by atoms with Crippen LogP contribution in [-0.2, 0) is 6.42 Å². The van der Waals surface area contributed by atoms with E-state index in [9.17, 15) is 5.11 Å². The highest BCUT2D eigenvalue weighted by atomic mass is 16.3. The lowest BCUT2D eigenvalue weighted by atomic mass is 10.0. The molecule has 1 fully saturated rings. The van der Waals surface area contributed by atoms with Gasteiger partial charge in [0.05, 0.1) is 6.10 Å². The van der Waals surface area contributed by atoms with Crippen LogP contribution in [0.15, 0.2) is 24.3 Å². The van der Waals surface area contributed by atoms with Crippen LogP contribution >= 0.6 is 0 Å². The minimum Gasteiger partial charge on any atom is -0.387 e. The van der Waals surface area contributed by atoms with Crippen LogP contribution in [0.3, 0.4) is 0 Å². The molecule has 2 heteroatoms. The van der Waals surface area contributed by atoms with Gasteiger partial charge in [-0.1, -0.05) is 30.7 Å². The zero-order valence-corrected chi connectivity index (χ0v) is 9.60. The summed E-state index contributed by atoms with van der Waals surface area (Å²) in [5, 5.41) is 10.4. The molecule has 3 rings (SSSR count). The molecule has 86 valence electrons. The number of aliphatic hydroxyl groups is 1. The van der Waals surface area contributed by atoms with Gasteiger partial charge in [0, 0.05) is 6.04 Å². The van der Waals surface area contributed by atoms with Crippen molar-refractivity contribution in [3.63, 3.8) is 0 Å². The molecule has 1 heterocycles. The molecule has 0 aromatic heterocycles. The first-order valence-electron chi connectivity index (χ1n) is 6.36. The number of piperidine rings is 1. The molecular weight excluding hydrogens is 198 g/mol. The maximum atomic E-state index is 10.4. The summed E-state index contributed by atoms with van der Waals surface area (Å²) in [5.41, 5.74) is 2.49. The first-order chi connectivity index (χ1) is 7.86. The van der Waals surface area contributed by atoms with Crippen molar-refractivity contribution in [3.8, 4) is 0 Å². The van der Waals surface area contributed by atoms with E-state index in [2.05, 4.69) is 23.1 Å². The quantitative estimate of drug-likeness (QED) is 0.779. The van der Waals surface area contributed by atoms with E-state index in [-0.39, 0.29) is 6.10 Å². The SMILES string of the molecule is O[C@H]1c2ccccc2C[C@H]1N1CCCCC1. The maximum Gasteiger partial charge on any atom is 0.0951 e. The Morgan fingerprint density at radius 1 is 1.06 bits per heavy atom. The average molecular weight is 217 g/mol. The Balaban J connectivity index is 1.80. The lowest BCUT2D eigenvalue weighted by Gasteiger charge is -2.34. The third-order valence-corrected chi connectivity index (χ3v) is 4.03. The zero-order chi connectivity index (χ0) is 11.0. The van der Waals surface area contributed by atoms with Crippen LogP contribution in [-0.4, -0.2) is 29.1 Å². The second-order valence-corrected chi connectivity index (χ2v) is 5.01. The first kappa shape index (κ1) is 10.3. The third-order valence-electron chi connectivity index (χ3n) is 4.03. The largest absolute Gasteiger partial charge is 0.387 e. The van der Waals surface area contributed by atoms with E-state index in [0.717, 1.165) is 25.1 Å². The van der Waals surface area contributed by atoms with E-state index in [1.807, 2.05) is 6.07 Å². The number of nitrogens with zero attached hydrogens (tertiary/aromatic N) is 1. The molecule has 0 radical (unpaired) electrons. The Morgan fingerprint density at radius 3 is 2.56 bits per heavy atom. The van der Waals surface area contributed by atoms with Crippen molar-refractivity contribution < 1.29 is 5.11 Å². The molecule has 1 aliphatic carbocycles. The first-order valence-corrected chi connectivity index (χ1v) is 6.36. The number of benzene rings is 1.